The minimum Gasteiger partial charge on any atom is -0.454 e. The molecule has 0 aromatic heterocycles. The molecular formula is C16H17NO5. The van der Waals surface area contributed by atoms with E-state index in [1.807, 2.05) is 23.1 Å². The Morgan fingerprint density at radius 2 is 1.91 bits per heavy atom. The summed E-state index contributed by atoms with van der Waals surface area (Å²) in [7, 11) is 0. The average molecular weight is 303 g/mol. The number of aliphatic hydroxyl groups is 3. The molecule has 22 heavy (non-hydrogen) atoms. The van der Waals surface area contributed by atoms with Crippen molar-refractivity contribution in [2.45, 2.75) is 36.3 Å². The Morgan fingerprint density at radius 1 is 1.14 bits per heavy atom. The third-order valence-electron chi connectivity index (χ3n) is 5.55. The highest BCUT2D eigenvalue weighted by Crippen LogP contribution is 2.56. The summed E-state index contributed by atoms with van der Waals surface area (Å²) in [6.07, 6.45) is 2.17. The number of ether oxygens (including phenoxy) is 2. The molecule has 2 unspecified atom stereocenters. The number of nitrogens with zero attached hydrogens (tertiary/aromatic N) is 1. The normalized spacial score (nSPS) is 43.9. The minimum atomic E-state index is -0.807. The van der Waals surface area contributed by atoms with E-state index in [0.717, 1.165) is 11.1 Å². The van der Waals surface area contributed by atoms with Gasteiger partial charge in [-0.05, 0) is 24.1 Å². The zero-order valence-electron chi connectivity index (χ0n) is 11.8. The molecule has 0 radical (unpaired) electrons. The average Bonchev–Trinajstić information content (AvgIpc) is 3.05. The van der Waals surface area contributed by atoms with Crippen LogP contribution in [0.25, 0.3) is 0 Å². The lowest BCUT2D eigenvalue weighted by Crippen LogP contribution is -2.53. The lowest BCUT2D eigenvalue weighted by Gasteiger charge is -2.47. The van der Waals surface area contributed by atoms with Gasteiger partial charge in [0.1, 0.15) is 6.23 Å². The molecule has 3 heterocycles. The third kappa shape index (κ3) is 1.34. The molecule has 1 saturated heterocycles. The second-order valence-corrected chi connectivity index (χ2v) is 6.49. The number of aliphatic hydroxyl groups excluding tert-OH is 3. The highest BCUT2D eigenvalue weighted by molar-refractivity contribution is 5.57. The van der Waals surface area contributed by atoms with E-state index in [-0.39, 0.29) is 12.8 Å². The summed E-state index contributed by atoms with van der Waals surface area (Å²) in [6, 6.07) is 3.57. The lowest BCUT2D eigenvalue weighted by atomic mass is 9.65. The maximum atomic E-state index is 10.7. The van der Waals surface area contributed by atoms with Crippen molar-refractivity contribution in [2.75, 3.05) is 13.3 Å². The van der Waals surface area contributed by atoms with Gasteiger partial charge in [-0.25, -0.2) is 0 Å². The summed E-state index contributed by atoms with van der Waals surface area (Å²) in [5.41, 5.74) is 1.02. The van der Waals surface area contributed by atoms with E-state index in [9.17, 15) is 15.3 Å². The largest absolute Gasteiger partial charge is 0.454 e. The zero-order chi connectivity index (χ0) is 15.1. The van der Waals surface area contributed by atoms with Crippen molar-refractivity contribution in [3.05, 3.63) is 35.4 Å². The van der Waals surface area contributed by atoms with Gasteiger partial charge in [-0.2, -0.15) is 0 Å². The summed E-state index contributed by atoms with van der Waals surface area (Å²) in [5, 5.41) is 31.4. The SMILES string of the molecule is OC1CN2[C@H](O)c3cc4c(cc3[C@]13C=C[C@@H](O)C[C@@H]23)OCO4. The fraction of sp³-hybridized carbons (Fsp3) is 0.500. The zero-order valence-corrected chi connectivity index (χ0v) is 11.8. The van der Waals surface area contributed by atoms with Crippen LogP contribution >= 0.6 is 0 Å². The molecule has 1 aliphatic carbocycles. The van der Waals surface area contributed by atoms with Crippen LogP contribution in [-0.4, -0.2) is 51.8 Å². The highest BCUT2D eigenvalue weighted by Gasteiger charge is 2.60. The maximum Gasteiger partial charge on any atom is 0.231 e. The molecule has 0 spiro atoms. The molecule has 116 valence electrons. The van der Waals surface area contributed by atoms with E-state index in [2.05, 4.69) is 0 Å². The summed E-state index contributed by atoms with van der Waals surface area (Å²) in [5.74, 6) is 1.27. The number of rotatable bonds is 0. The molecule has 1 aromatic carbocycles. The maximum absolute atomic E-state index is 10.7. The Balaban J connectivity index is 1.79. The standard InChI is InChI=1S/C16H17NO5/c18-8-1-2-16-10-5-12-11(21-7-22-12)4-9(10)15(20)17(6-14(16)19)13(16)3-8/h1-2,4-5,8,13-15,18-20H,3,6-7H2/t8-,13-,14?,15-,16+/m1/s1. The Labute approximate surface area is 127 Å². The Morgan fingerprint density at radius 3 is 2.73 bits per heavy atom. The van der Waals surface area contributed by atoms with Crippen molar-refractivity contribution < 1.29 is 24.8 Å². The van der Waals surface area contributed by atoms with Crippen LogP contribution in [0.5, 0.6) is 11.5 Å². The van der Waals surface area contributed by atoms with Crippen LogP contribution in [-0.2, 0) is 5.41 Å². The monoisotopic (exact) mass is 303 g/mol. The Kier molecular flexibility index (Phi) is 2.36. The Hall–Kier alpha value is -1.60. The second kappa shape index (κ2) is 4.02. The molecule has 6 atom stereocenters. The minimum absolute atomic E-state index is 0.120. The smallest absolute Gasteiger partial charge is 0.231 e. The molecule has 6 heteroatoms. The van der Waals surface area contributed by atoms with Crippen molar-refractivity contribution in [3.8, 4) is 11.5 Å². The van der Waals surface area contributed by atoms with E-state index in [1.165, 1.54) is 0 Å². The molecule has 0 saturated carbocycles. The van der Waals surface area contributed by atoms with Gasteiger partial charge < -0.3 is 24.8 Å². The summed E-state index contributed by atoms with van der Waals surface area (Å²) in [4.78, 5) is 1.88. The van der Waals surface area contributed by atoms with Gasteiger partial charge in [-0.3, -0.25) is 4.90 Å². The van der Waals surface area contributed by atoms with Crippen molar-refractivity contribution in [1.82, 2.24) is 4.90 Å². The van der Waals surface area contributed by atoms with Crippen LogP contribution in [0.3, 0.4) is 0 Å². The quantitative estimate of drug-likeness (QED) is 0.586. The topological polar surface area (TPSA) is 82.4 Å². The molecule has 2 bridgehead atoms. The number of fused-ring (bicyclic) bond motifs is 2. The molecule has 3 aliphatic heterocycles. The van der Waals surface area contributed by atoms with Crippen LogP contribution in [0.1, 0.15) is 23.8 Å². The van der Waals surface area contributed by atoms with Crippen LogP contribution in [0.15, 0.2) is 24.3 Å². The second-order valence-electron chi connectivity index (χ2n) is 6.49. The molecular weight excluding hydrogens is 286 g/mol. The first-order chi connectivity index (χ1) is 10.6. The van der Waals surface area contributed by atoms with Crippen molar-refractivity contribution in [2.24, 2.45) is 0 Å². The van der Waals surface area contributed by atoms with E-state index in [0.29, 0.717) is 24.5 Å². The summed E-state index contributed by atoms with van der Waals surface area (Å²) < 4.78 is 10.9. The fourth-order valence-electron chi connectivity index (χ4n) is 4.55. The van der Waals surface area contributed by atoms with Gasteiger partial charge in [0, 0.05) is 18.2 Å². The molecule has 0 amide bonds. The Bertz CT molecular complexity index is 689. The van der Waals surface area contributed by atoms with Gasteiger partial charge >= 0.3 is 0 Å². The van der Waals surface area contributed by atoms with Gasteiger partial charge in [-0.15, -0.1) is 0 Å². The highest BCUT2D eigenvalue weighted by atomic mass is 16.7. The molecule has 5 rings (SSSR count). The molecule has 1 aromatic rings. The van der Waals surface area contributed by atoms with Gasteiger partial charge in [0.15, 0.2) is 11.5 Å². The first-order valence-electron chi connectivity index (χ1n) is 7.54. The van der Waals surface area contributed by atoms with Crippen molar-refractivity contribution in [1.29, 1.82) is 0 Å². The van der Waals surface area contributed by atoms with Crippen LogP contribution < -0.4 is 9.47 Å². The molecule has 1 fully saturated rings. The van der Waals surface area contributed by atoms with Crippen molar-refractivity contribution in [3.63, 3.8) is 0 Å². The predicted molar refractivity (Wildman–Crippen MR) is 75.5 cm³/mol. The first-order valence-corrected chi connectivity index (χ1v) is 7.54. The number of hydrogen-bond acceptors (Lipinski definition) is 6. The third-order valence-corrected chi connectivity index (χ3v) is 5.55. The van der Waals surface area contributed by atoms with E-state index < -0.39 is 23.9 Å². The summed E-state index contributed by atoms with van der Waals surface area (Å²) in [6.45, 7) is 0.551. The van der Waals surface area contributed by atoms with E-state index in [4.69, 9.17) is 9.47 Å². The fourth-order valence-corrected chi connectivity index (χ4v) is 4.55. The van der Waals surface area contributed by atoms with Gasteiger partial charge in [0.2, 0.25) is 6.79 Å². The summed E-state index contributed by atoms with van der Waals surface area (Å²) >= 11 is 0. The van der Waals surface area contributed by atoms with Gasteiger partial charge in [0.05, 0.1) is 17.6 Å². The van der Waals surface area contributed by atoms with Crippen molar-refractivity contribution >= 4 is 0 Å². The first kappa shape index (κ1) is 12.9. The van der Waals surface area contributed by atoms with Crippen LogP contribution in [0.2, 0.25) is 0 Å². The lowest BCUT2D eigenvalue weighted by molar-refractivity contribution is -0.0364. The number of hydrogen-bond donors (Lipinski definition) is 3. The molecule has 6 nitrogen and oxygen atoms in total. The molecule has 4 aliphatic rings. The van der Waals surface area contributed by atoms with Gasteiger partial charge in [0.25, 0.3) is 0 Å². The van der Waals surface area contributed by atoms with E-state index in [1.54, 1.807) is 6.08 Å². The van der Waals surface area contributed by atoms with E-state index >= 15 is 0 Å². The predicted octanol–water partition coefficient (Wildman–Crippen LogP) is 0.0235. The van der Waals surface area contributed by atoms with Crippen LogP contribution in [0, 0.1) is 0 Å². The van der Waals surface area contributed by atoms with Gasteiger partial charge in [-0.1, -0.05) is 12.2 Å². The number of benzene rings is 1. The van der Waals surface area contributed by atoms with Crippen LogP contribution in [0.4, 0.5) is 0 Å². The molecule has 3 N–H and O–H groups in total.